The van der Waals surface area contributed by atoms with Crippen LogP contribution < -0.4 is 10.6 Å². The molecule has 0 fully saturated rings. The Morgan fingerprint density at radius 3 is 2.48 bits per heavy atom. The van der Waals surface area contributed by atoms with Gasteiger partial charge in [-0.1, -0.05) is 42.0 Å². The Morgan fingerprint density at radius 1 is 1.04 bits per heavy atom. The molecule has 0 aliphatic heterocycles. The molecular formula is C22H25N3O2. The van der Waals surface area contributed by atoms with Crippen molar-refractivity contribution in [2.24, 2.45) is 0 Å². The van der Waals surface area contributed by atoms with Gasteiger partial charge in [-0.15, -0.1) is 0 Å². The van der Waals surface area contributed by atoms with Gasteiger partial charge in [-0.25, -0.2) is 0 Å². The van der Waals surface area contributed by atoms with E-state index >= 15 is 0 Å². The van der Waals surface area contributed by atoms with E-state index < -0.39 is 0 Å². The predicted molar refractivity (Wildman–Crippen MR) is 108 cm³/mol. The Balaban J connectivity index is 1.83. The Bertz CT molecular complexity index is 974. The molecule has 1 heterocycles. The number of benzene rings is 2. The summed E-state index contributed by atoms with van der Waals surface area (Å²) in [6, 6.07) is 14.5. The van der Waals surface area contributed by atoms with Crippen LogP contribution in [0.5, 0.6) is 0 Å². The SMILES string of the molecule is CC(=O)NCCC(=O)NCc1cc(C)cc2c(C)c(-c3ccccc3)[nH]c12. The molecule has 0 unspecified atom stereocenters. The molecule has 0 saturated heterocycles. The van der Waals surface area contributed by atoms with Crippen LogP contribution in [0.25, 0.3) is 22.2 Å². The number of fused-ring (bicyclic) bond motifs is 1. The van der Waals surface area contributed by atoms with Crippen LogP contribution in [0.4, 0.5) is 0 Å². The van der Waals surface area contributed by atoms with E-state index in [4.69, 9.17) is 0 Å². The van der Waals surface area contributed by atoms with Crippen molar-refractivity contribution in [3.05, 3.63) is 59.2 Å². The average Bonchev–Trinajstić information content (AvgIpc) is 2.97. The highest BCUT2D eigenvalue weighted by Gasteiger charge is 2.13. The molecule has 2 amide bonds. The van der Waals surface area contributed by atoms with Crippen LogP contribution in [-0.4, -0.2) is 23.3 Å². The van der Waals surface area contributed by atoms with Crippen molar-refractivity contribution in [3.63, 3.8) is 0 Å². The van der Waals surface area contributed by atoms with Crippen molar-refractivity contribution in [1.82, 2.24) is 15.6 Å². The Morgan fingerprint density at radius 2 is 1.78 bits per heavy atom. The van der Waals surface area contributed by atoms with E-state index in [1.165, 1.54) is 17.9 Å². The van der Waals surface area contributed by atoms with Crippen LogP contribution in [0, 0.1) is 13.8 Å². The summed E-state index contributed by atoms with van der Waals surface area (Å²) in [5, 5.41) is 6.76. The number of carbonyl (C=O) groups is 2. The normalized spacial score (nSPS) is 10.8. The maximum atomic E-state index is 12.0. The molecule has 0 bridgehead atoms. The number of amides is 2. The fourth-order valence-corrected chi connectivity index (χ4v) is 3.33. The molecule has 3 rings (SSSR count). The molecule has 0 spiro atoms. The number of aryl methyl sites for hydroxylation is 2. The molecule has 0 atom stereocenters. The third-order valence-corrected chi connectivity index (χ3v) is 4.66. The minimum atomic E-state index is -0.126. The van der Waals surface area contributed by atoms with Crippen molar-refractivity contribution in [3.8, 4) is 11.3 Å². The minimum absolute atomic E-state index is 0.0787. The zero-order chi connectivity index (χ0) is 19.4. The topological polar surface area (TPSA) is 74.0 Å². The number of hydrogen-bond acceptors (Lipinski definition) is 2. The van der Waals surface area contributed by atoms with Crippen LogP contribution in [0.1, 0.15) is 30.0 Å². The van der Waals surface area contributed by atoms with Gasteiger partial charge in [0.1, 0.15) is 0 Å². The van der Waals surface area contributed by atoms with E-state index in [1.807, 2.05) is 18.2 Å². The van der Waals surface area contributed by atoms with Gasteiger partial charge in [-0.05, 0) is 36.6 Å². The summed E-state index contributed by atoms with van der Waals surface area (Å²) in [4.78, 5) is 26.5. The zero-order valence-electron chi connectivity index (χ0n) is 16.0. The Hall–Kier alpha value is -3.08. The number of aromatic nitrogens is 1. The number of carbonyl (C=O) groups excluding carboxylic acids is 2. The fourth-order valence-electron chi connectivity index (χ4n) is 3.33. The molecule has 0 radical (unpaired) electrons. The van der Waals surface area contributed by atoms with Gasteiger partial charge in [-0.2, -0.15) is 0 Å². The Kier molecular flexibility index (Phi) is 5.60. The number of nitrogens with one attached hydrogen (secondary N) is 3. The molecule has 0 aliphatic carbocycles. The van der Waals surface area contributed by atoms with E-state index in [9.17, 15) is 9.59 Å². The summed E-state index contributed by atoms with van der Waals surface area (Å²) in [5.41, 5.74) is 6.73. The van der Waals surface area contributed by atoms with Crippen molar-refractivity contribution >= 4 is 22.7 Å². The van der Waals surface area contributed by atoms with Gasteiger partial charge in [0.2, 0.25) is 11.8 Å². The van der Waals surface area contributed by atoms with Gasteiger partial charge in [0.25, 0.3) is 0 Å². The van der Waals surface area contributed by atoms with Gasteiger partial charge < -0.3 is 15.6 Å². The second kappa shape index (κ2) is 8.08. The van der Waals surface area contributed by atoms with E-state index in [0.29, 0.717) is 13.1 Å². The lowest BCUT2D eigenvalue weighted by Gasteiger charge is -2.08. The summed E-state index contributed by atoms with van der Waals surface area (Å²) < 4.78 is 0. The number of aromatic amines is 1. The smallest absolute Gasteiger partial charge is 0.222 e. The summed E-state index contributed by atoms with van der Waals surface area (Å²) in [6.07, 6.45) is 0.271. The van der Waals surface area contributed by atoms with E-state index in [0.717, 1.165) is 27.9 Å². The van der Waals surface area contributed by atoms with Crippen LogP contribution in [0.2, 0.25) is 0 Å². The zero-order valence-corrected chi connectivity index (χ0v) is 16.0. The van der Waals surface area contributed by atoms with E-state index in [-0.39, 0.29) is 18.2 Å². The highest BCUT2D eigenvalue weighted by molar-refractivity contribution is 5.93. The maximum absolute atomic E-state index is 12.0. The molecule has 3 N–H and O–H groups in total. The molecule has 140 valence electrons. The van der Waals surface area contributed by atoms with Crippen molar-refractivity contribution in [2.45, 2.75) is 33.7 Å². The van der Waals surface area contributed by atoms with Gasteiger partial charge in [-0.3, -0.25) is 9.59 Å². The van der Waals surface area contributed by atoms with Gasteiger partial charge >= 0.3 is 0 Å². The number of H-pyrrole nitrogens is 1. The molecule has 2 aromatic carbocycles. The van der Waals surface area contributed by atoms with Crippen LogP contribution in [-0.2, 0) is 16.1 Å². The molecule has 3 aromatic rings. The number of hydrogen-bond donors (Lipinski definition) is 3. The molecule has 5 nitrogen and oxygen atoms in total. The second-order valence-electron chi connectivity index (χ2n) is 6.85. The van der Waals surface area contributed by atoms with Crippen LogP contribution >= 0.6 is 0 Å². The second-order valence-corrected chi connectivity index (χ2v) is 6.85. The molecule has 1 aromatic heterocycles. The van der Waals surface area contributed by atoms with Gasteiger partial charge in [0.15, 0.2) is 0 Å². The average molecular weight is 363 g/mol. The number of rotatable bonds is 6. The minimum Gasteiger partial charge on any atom is -0.356 e. The molecule has 27 heavy (non-hydrogen) atoms. The first kappa shape index (κ1) is 18.7. The highest BCUT2D eigenvalue weighted by Crippen LogP contribution is 2.32. The van der Waals surface area contributed by atoms with E-state index in [1.54, 1.807) is 0 Å². The predicted octanol–water partition coefficient (Wildman–Crippen LogP) is 3.59. The lowest BCUT2D eigenvalue weighted by molar-refractivity contribution is -0.121. The quantitative estimate of drug-likeness (QED) is 0.626. The van der Waals surface area contributed by atoms with Crippen molar-refractivity contribution < 1.29 is 9.59 Å². The first-order valence-corrected chi connectivity index (χ1v) is 9.14. The van der Waals surface area contributed by atoms with Crippen LogP contribution in [0.3, 0.4) is 0 Å². The summed E-state index contributed by atoms with van der Waals surface area (Å²) in [5.74, 6) is -0.205. The Labute approximate surface area is 159 Å². The van der Waals surface area contributed by atoms with Gasteiger partial charge in [0, 0.05) is 37.5 Å². The first-order chi connectivity index (χ1) is 13.0. The highest BCUT2D eigenvalue weighted by atomic mass is 16.2. The fraction of sp³-hybridized carbons (Fsp3) is 0.273. The largest absolute Gasteiger partial charge is 0.356 e. The molecule has 0 saturated carbocycles. The summed E-state index contributed by atoms with van der Waals surface area (Å²) in [6.45, 7) is 6.43. The standard InChI is InChI=1S/C22H25N3O2/c1-14-11-18(13-24-20(27)9-10-23-16(3)26)22-19(12-14)15(2)21(25-22)17-7-5-4-6-8-17/h4-8,11-12,25H,9-10,13H2,1-3H3,(H,23,26)(H,24,27). The first-order valence-electron chi connectivity index (χ1n) is 9.14. The molecule has 5 heteroatoms. The lowest BCUT2D eigenvalue weighted by atomic mass is 10.0. The van der Waals surface area contributed by atoms with Gasteiger partial charge in [0.05, 0.1) is 5.52 Å². The monoisotopic (exact) mass is 363 g/mol. The maximum Gasteiger partial charge on any atom is 0.222 e. The molecule has 0 aliphatic rings. The summed E-state index contributed by atoms with van der Waals surface area (Å²) >= 11 is 0. The summed E-state index contributed by atoms with van der Waals surface area (Å²) in [7, 11) is 0. The lowest BCUT2D eigenvalue weighted by Crippen LogP contribution is -2.29. The van der Waals surface area contributed by atoms with Crippen molar-refractivity contribution in [2.75, 3.05) is 6.54 Å². The molecular weight excluding hydrogens is 338 g/mol. The van der Waals surface area contributed by atoms with E-state index in [2.05, 4.69) is 53.7 Å². The van der Waals surface area contributed by atoms with Crippen LogP contribution in [0.15, 0.2) is 42.5 Å². The van der Waals surface area contributed by atoms with Crippen molar-refractivity contribution in [1.29, 1.82) is 0 Å². The third kappa shape index (κ3) is 4.37. The third-order valence-electron chi connectivity index (χ3n) is 4.66.